The van der Waals surface area contributed by atoms with Gasteiger partial charge < -0.3 is 20.1 Å². The zero-order chi connectivity index (χ0) is 19.8. The van der Waals surface area contributed by atoms with Crippen LogP contribution in [-0.4, -0.2) is 49.3 Å². The maximum Gasteiger partial charge on any atom is 0.220 e. The maximum absolute atomic E-state index is 14.8. The van der Waals surface area contributed by atoms with E-state index < -0.39 is 11.8 Å². The van der Waals surface area contributed by atoms with Crippen molar-refractivity contribution in [3.05, 3.63) is 47.8 Å². The molecule has 0 radical (unpaired) electrons. The lowest BCUT2D eigenvalue weighted by atomic mass is 9.83. The summed E-state index contributed by atoms with van der Waals surface area (Å²) in [6.07, 6.45) is 1.89. The fourth-order valence-corrected chi connectivity index (χ4v) is 3.70. The van der Waals surface area contributed by atoms with Crippen molar-refractivity contribution < 1.29 is 18.3 Å². The van der Waals surface area contributed by atoms with E-state index in [0.717, 1.165) is 0 Å². The average molecular weight is 388 g/mol. The zero-order valence-electron chi connectivity index (χ0n) is 15.7. The number of aliphatic imine (C=N–C) groups is 1. The fourth-order valence-electron chi connectivity index (χ4n) is 3.70. The molecule has 0 unspecified atom stereocenters. The molecular formula is C20H22F2N4O2. The van der Waals surface area contributed by atoms with Gasteiger partial charge in [0.2, 0.25) is 5.95 Å². The summed E-state index contributed by atoms with van der Waals surface area (Å²) in [6.45, 7) is 1.05. The summed E-state index contributed by atoms with van der Waals surface area (Å²) in [6, 6.07) is 5.58. The van der Waals surface area contributed by atoms with Crippen LogP contribution in [0.5, 0.6) is 5.75 Å². The molecule has 8 heteroatoms. The first kappa shape index (κ1) is 18.6. The molecule has 1 fully saturated rings. The molecule has 2 aliphatic heterocycles. The van der Waals surface area contributed by atoms with Crippen LogP contribution in [0.3, 0.4) is 0 Å². The summed E-state index contributed by atoms with van der Waals surface area (Å²) >= 11 is 0. The van der Waals surface area contributed by atoms with Crippen molar-refractivity contribution in [1.82, 2.24) is 9.88 Å². The summed E-state index contributed by atoms with van der Waals surface area (Å²) in [4.78, 5) is 10.0. The van der Waals surface area contributed by atoms with Crippen molar-refractivity contribution in [2.45, 2.75) is 18.6 Å². The third-order valence-corrected chi connectivity index (χ3v) is 5.22. The summed E-state index contributed by atoms with van der Waals surface area (Å²) < 4.78 is 40.7. The molecule has 2 aromatic rings. The van der Waals surface area contributed by atoms with Crippen LogP contribution in [0.25, 0.3) is 11.1 Å². The second-order valence-electron chi connectivity index (χ2n) is 7.22. The van der Waals surface area contributed by atoms with Gasteiger partial charge in [-0.2, -0.15) is 4.39 Å². The largest absolute Gasteiger partial charge is 0.489 e. The van der Waals surface area contributed by atoms with Gasteiger partial charge in [0.05, 0.1) is 19.3 Å². The highest BCUT2D eigenvalue weighted by Crippen LogP contribution is 2.45. The minimum atomic E-state index is -0.732. The van der Waals surface area contributed by atoms with Gasteiger partial charge in [0.25, 0.3) is 0 Å². The maximum atomic E-state index is 14.8. The Bertz CT molecular complexity index is 919. The second kappa shape index (κ2) is 7.35. The Morgan fingerprint density at radius 1 is 1.29 bits per heavy atom. The Hall–Kier alpha value is -2.74. The molecule has 28 heavy (non-hydrogen) atoms. The molecule has 4 rings (SSSR count). The molecule has 0 amide bonds. The minimum absolute atomic E-state index is 0.0585. The lowest BCUT2D eigenvalue weighted by Gasteiger charge is -2.41. The van der Waals surface area contributed by atoms with E-state index in [1.807, 2.05) is 0 Å². The van der Waals surface area contributed by atoms with E-state index in [0.29, 0.717) is 36.9 Å². The highest BCUT2D eigenvalue weighted by atomic mass is 19.1. The summed E-state index contributed by atoms with van der Waals surface area (Å²) in [5, 5.41) is 0. The number of benzene rings is 1. The van der Waals surface area contributed by atoms with Gasteiger partial charge in [-0.25, -0.2) is 14.4 Å². The van der Waals surface area contributed by atoms with Crippen molar-refractivity contribution in [1.29, 1.82) is 0 Å². The third kappa shape index (κ3) is 3.28. The summed E-state index contributed by atoms with van der Waals surface area (Å²) in [7, 11) is 3.60. The van der Waals surface area contributed by atoms with Crippen LogP contribution < -0.4 is 10.5 Å². The number of fused-ring (bicyclic) bond motifs is 2. The van der Waals surface area contributed by atoms with Crippen LogP contribution in [0.15, 0.2) is 35.5 Å². The average Bonchev–Trinajstić information content (AvgIpc) is 2.68. The van der Waals surface area contributed by atoms with Crippen molar-refractivity contribution in [2.75, 3.05) is 27.3 Å². The molecular weight excluding hydrogens is 366 g/mol. The third-order valence-electron chi connectivity index (χ3n) is 5.22. The standard InChI is InChI=1S/C20H22F2N4O2/c1-26(2)20(23)25-18-13-8-12(11-4-3-6-24-19(11)22)15(21)9-17(13)28-16-5-7-27-10-14(16)18/h3-4,6,8-9,14,16,18H,5,7,10H2,1-2H3,(H2,23,25)/t14-,16+,18+/m1/s1. The van der Waals surface area contributed by atoms with Gasteiger partial charge in [0.1, 0.15) is 17.7 Å². The molecule has 0 bridgehead atoms. The predicted octanol–water partition coefficient (Wildman–Crippen LogP) is 2.74. The van der Waals surface area contributed by atoms with Gasteiger partial charge in [-0.05, 0) is 18.2 Å². The van der Waals surface area contributed by atoms with E-state index in [-0.39, 0.29) is 29.2 Å². The second-order valence-corrected chi connectivity index (χ2v) is 7.22. The van der Waals surface area contributed by atoms with Gasteiger partial charge in [-0.1, -0.05) is 0 Å². The number of aromatic nitrogens is 1. The van der Waals surface area contributed by atoms with Crippen molar-refractivity contribution >= 4 is 5.96 Å². The number of hydrogen-bond acceptors (Lipinski definition) is 4. The molecule has 0 spiro atoms. The minimum Gasteiger partial charge on any atom is -0.489 e. The normalized spacial score (nSPS) is 24.1. The Balaban J connectivity index is 1.86. The zero-order valence-corrected chi connectivity index (χ0v) is 15.7. The Labute approximate surface area is 162 Å². The number of ether oxygens (including phenoxy) is 2. The van der Waals surface area contributed by atoms with Gasteiger partial charge in [-0.15, -0.1) is 0 Å². The highest BCUT2D eigenvalue weighted by Gasteiger charge is 2.41. The highest BCUT2D eigenvalue weighted by molar-refractivity contribution is 5.78. The molecule has 1 aromatic heterocycles. The summed E-state index contributed by atoms with van der Waals surface area (Å²) in [5.74, 6) is -0.601. The van der Waals surface area contributed by atoms with Crippen LogP contribution >= 0.6 is 0 Å². The number of pyridine rings is 1. The molecule has 3 heterocycles. The van der Waals surface area contributed by atoms with E-state index in [1.54, 1.807) is 31.1 Å². The van der Waals surface area contributed by atoms with Crippen molar-refractivity contribution in [3.63, 3.8) is 0 Å². The number of rotatable bonds is 2. The van der Waals surface area contributed by atoms with Gasteiger partial charge in [0, 0.05) is 55.4 Å². The SMILES string of the molecule is CN(C)C(N)=N[C@H]1c2cc(-c3cccnc3F)c(F)cc2O[C@H]2CCOC[C@H]21. The topological polar surface area (TPSA) is 73.0 Å². The summed E-state index contributed by atoms with van der Waals surface area (Å²) in [5.41, 5.74) is 6.95. The number of halogens is 2. The molecule has 2 aliphatic rings. The number of nitrogens with zero attached hydrogens (tertiary/aromatic N) is 3. The smallest absolute Gasteiger partial charge is 0.220 e. The van der Waals surface area contributed by atoms with Crippen LogP contribution in [-0.2, 0) is 4.74 Å². The Morgan fingerprint density at radius 3 is 2.86 bits per heavy atom. The van der Waals surface area contributed by atoms with Crippen LogP contribution in [0.4, 0.5) is 8.78 Å². The Morgan fingerprint density at radius 2 is 2.11 bits per heavy atom. The molecule has 148 valence electrons. The number of guanidine groups is 1. The predicted molar refractivity (Wildman–Crippen MR) is 101 cm³/mol. The first-order valence-corrected chi connectivity index (χ1v) is 9.15. The van der Waals surface area contributed by atoms with Gasteiger partial charge in [-0.3, -0.25) is 0 Å². The quantitative estimate of drug-likeness (QED) is 0.487. The van der Waals surface area contributed by atoms with Crippen LogP contribution in [0.1, 0.15) is 18.0 Å². The van der Waals surface area contributed by atoms with E-state index >= 15 is 0 Å². The van der Waals surface area contributed by atoms with Crippen molar-refractivity contribution in [2.24, 2.45) is 16.6 Å². The lowest BCUT2D eigenvalue weighted by Crippen LogP contribution is -2.43. The molecule has 1 aromatic carbocycles. The molecule has 2 N–H and O–H groups in total. The van der Waals surface area contributed by atoms with Crippen molar-refractivity contribution in [3.8, 4) is 16.9 Å². The first-order chi connectivity index (χ1) is 13.5. The van der Waals surface area contributed by atoms with E-state index in [4.69, 9.17) is 15.2 Å². The van der Waals surface area contributed by atoms with Crippen LogP contribution in [0, 0.1) is 17.7 Å². The Kier molecular flexibility index (Phi) is 4.89. The van der Waals surface area contributed by atoms with Gasteiger partial charge >= 0.3 is 0 Å². The monoisotopic (exact) mass is 388 g/mol. The molecule has 3 atom stereocenters. The fraction of sp³-hybridized carbons (Fsp3) is 0.400. The molecule has 6 nitrogen and oxygen atoms in total. The molecule has 0 saturated carbocycles. The lowest BCUT2D eigenvalue weighted by molar-refractivity contribution is -0.0436. The molecule has 1 saturated heterocycles. The number of hydrogen-bond donors (Lipinski definition) is 1. The van der Waals surface area contributed by atoms with E-state index in [9.17, 15) is 8.78 Å². The van der Waals surface area contributed by atoms with E-state index in [2.05, 4.69) is 9.98 Å². The van der Waals surface area contributed by atoms with Gasteiger partial charge in [0.15, 0.2) is 5.96 Å². The number of nitrogens with two attached hydrogens (primary N) is 1. The first-order valence-electron chi connectivity index (χ1n) is 9.15. The van der Waals surface area contributed by atoms with Crippen LogP contribution in [0.2, 0.25) is 0 Å². The van der Waals surface area contributed by atoms with E-state index in [1.165, 1.54) is 18.3 Å². The molecule has 0 aliphatic carbocycles.